The molecule has 1 nitrogen and oxygen atoms in total. The number of aromatic nitrogens is 1. The smallest absolute Gasteiger partial charge is 0.171 e. The largest absolute Gasteiger partial charge is 0.205 e. The van der Waals surface area contributed by atoms with E-state index in [0.29, 0.717) is 0 Å². The van der Waals surface area contributed by atoms with Crippen LogP contribution in [0.15, 0.2) is 24.5 Å². The van der Waals surface area contributed by atoms with Crippen molar-refractivity contribution in [1.29, 1.82) is 0 Å². The van der Waals surface area contributed by atoms with E-state index < -0.39 is 0 Å². The summed E-state index contributed by atoms with van der Waals surface area (Å²) in [6.45, 7) is 5.44. The summed E-state index contributed by atoms with van der Waals surface area (Å²) < 4.78 is 2.21. The van der Waals surface area contributed by atoms with E-state index in [4.69, 9.17) is 0 Å². The molecule has 0 spiro atoms. The van der Waals surface area contributed by atoms with Crippen LogP contribution in [-0.4, -0.2) is 0 Å². The van der Waals surface area contributed by atoms with Gasteiger partial charge in [0, 0.05) is 11.6 Å². The van der Waals surface area contributed by atoms with Crippen LogP contribution in [0, 0.1) is 0 Å². The van der Waals surface area contributed by atoms with E-state index in [-0.39, 0.29) is 0 Å². The fourth-order valence-electron chi connectivity index (χ4n) is 1.21. The molecule has 1 aromatic heterocycles. The lowest BCUT2D eigenvalue weighted by molar-refractivity contribution is -0.694. The predicted molar refractivity (Wildman–Crippen MR) is 46.3 cm³/mol. The number of rotatable bonds is 3. The van der Waals surface area contributed by atoms with Crippen molar-refractivity contribution in [3.8, 4) is 0 Å². The van der Waals surface area contributed by atoms with E-state index in [2.05, 4.69) is 42.9 Å². The van der Waals surface area contributed by atoms with Gasteiger partial charge in [-0.25, -0.2) is 4.57 Å². The van der Waals surface area contributed by atoms with Crippen molar-refractivity contribution in [2.45, 2.75) is 33.2 Å². The number of pyridine rings is 1. The molecule has 0 aromatic carbocycles. The number of aryl methyl sites for hydroxylation is 2. The van der Waals surface area contributed by atoms with Crippen molar-refractivity contribution in [1.82, 2.24) is 0 Å². The first-order valence-corrected chi connectivity index (χ1v) is 4.34. The minimum atomic E-state index is 1.07. The van der Waals surface area contributed by atoms with Gasteiger partial charge in [0.1, 0.15) is 6.54 Å². The molecule has 0 unspecified atom stereocenters. The second kappa shape index (κ2) is 4.12. The third-order valence-corrected chi connectivity index (χ3v) is 1.82. The molecule has 60 valence electrons. The maximum Gasteiger partial charge on any atom is 0.171 e. The van der Waals surface area contributed by atoms with Gasteiger partial charge in [0.25, 0.3) is 0 Å². The summed E-state index contributed by atoms with van der Waals surface area (Å²) >= 11 is 0. The summed E-state index contributed by atoms with van der Waals surface area (Å²) in [6, 6.07) is 4.31. The molecule has 0 N–H and O–H groups in total. The van der Waals surface area contributed by atoms with Crippen LogP contribution in [-0.2, 0) is 13.0 Å². The summed E-state index contributed by atoms with van der Waals surface area (Å²) in [5, 5.41) is 0. The maximum absolute atomic E-state index is 2.23. The molecule has 0 aliphatic rings. The zero-order valence-corrected chi connectivity index (χ0v) is 7.38. The average Bonchev–Trinajstić information content (AvgIpc) is 2.06. The normalized spacial score (nSPS) is 10.0. The minimum Gasteiger partial charge on any atom is -0.205 e. The molecule has 1 heterocycles. The summed E-state index contributed by atoms with van der Waals surface area (Å²) in [7, 11) is 0. The van der Waals surface area contributed by atoms with Crippen LogP contribution < -0.4 is 4.57 Å². The highest BCUT2D eigenvalue weighted by Crippen LogP contribution is 1.97. The van der Waals surface area contributed by atoms with Gasteiger partial charge in [-0.1, -0.05) is 13.3 Å². The maximum atomic E-state index is 2.23. The summed E-state index contributed by atoms with van der Waals surface area (Å²) in [5.74, 6) is 0. The van der Waals surface area contributed by atoms with Gasteiger partial charge in [0.2, 0.25) is 0 Å². The van der Waals surface area contributed by atoms with Gasteiger partial charge in [-0.3, -0.25) is 0 Å². The summed E-state index contributed by atoms with van der Waals surface area (Å²) in [5.41, 5.74) is 1.44. The Morgan fingerprint density at radius 1 is 1.36 bits per heavy atom. The van der Waals surface area contributed by atoms with Crippen LogP contribution in [0.5, 0.6) is 0 Å². The molecule has 0 saturated heterocycles. The molecule has 1 aromatic rings. The zero-order valence-electron chi connectivity index (χ0n) is 7.38. The molecule has 1 heteroatoms. The molecule has 0 radical (unpaired) electrons. The van der Waals surface area contributed by atoms with Crippen molar-refractivity contribution in [3.05, 3.63) is 30.1 Å². The van der Waals surface area contributed by atoms with E-state index in [9.17, 15) is 0 Å². The predicted octanol–water partition coefficient (Wildman–Crippen LogP) is 1.95. The Hall–Kier alpha value is -0.850. The number of hydrogen-bond acceptors (Lipinski definition) is 0. The molecule has 0 atom stereocenters. The van der Waals surface area contributed by atoms with Crippen molar-refractivity contribution in [2.75, 3.05) is 0 Å². The third-order valence-electron chi connectivity index (χ3n) is 1.82. The molecule has 0 aliphatic heterocycles. The Balaban J connectivity index is 2.74. The molecule has 0 bridgehead atoms. The van der Waals surface area contributed by atoms with Crippen LogP contribution in [0.2, 0.25) is 0 Å². The molecular formula is C10H16N+. The Labute approximate surface area is 68.7 Å². The van der Waals surface area contributed by atoms with Gasteiger partial charge in [-0.15, -0.1) is 0 Å². The Kier molecular flexibility index (Phi) is 3.09. The quantitative estimate of drug-likeness (QED) is 0.580. The van der Waals surface area contributed by atoms with E-state index in [1.807, 2.05) is 0 Å². The molecule has 1 rings (SSSR count). The lowest BCUT2D eigenvalue weighted by atomic mass is 10.2. The van der Waals surface area contributed by atoms with Gasteiger partial charge < -0.3 is 0 Å². The Morgan fingerprint density at radius 3 is 2.82 bits per heavy atom. The van der Waals surface area contributed by atoms with E-state index >= 15 is 0 Å². The Bertz CT molecular complexity index is 218. The zero-order chi connectivity index (χ0) is 8.10. The van der Waals surface area contributed by atoms with Crippen molar-refractivity contribution in [3.63, 3.8) is 0 Å². The molecule has 0 amide bonds. The van der Waals surface area contributed by atoms with Gasteiger partial charge in [0.15, 0.2) is 12.4 Å². The molecule has 0 fully saturated rings. The van der Waals surface area contributed by atoms with Crippen molar-refractivity contribution < 1.29 is 4.57 Å². The first-order valence-electron chi connectivity index (χ1n) is 4.34. The first kappa shape index (κ1) is 8.25. The van der Waals surface area contributed by atoms with Crippen LogP contribution in [0.3, 0.4) is 0 Å². The monoisotopic (exact) mass is 150 g/mol. The second-order valence-corrected chi connectivity index (χ2v) is 2.79. The summed E-state index contributed by atoms with van der Waals surface area (Å²) in [4.78, 5) is 0. The van der Waals surface area contributed by atoms with Crippen LogP contribution >= 0.6 is 0 Å². The number of nitrogens with zero attached hydrogens (tertiary/aromatic N) is 1. The fourth-order valence-corrected chi connectivity index (χ4v) is 1.21. The average molecular weight is 150 g/mol. The van der Waals surface area contributed by atoms with Crippen molar-refractivity contribution in [2.24, 2.45) is 0 Å². The lowest BCUT2D eigenvalue weighted by Gasteiger charge is -1.95. The van der Waals surface area contributed by atoms with Gasteiger partial charge in [-0.2, -0.15) is 0 Å². The Morgan fingerprint density at radius 2 is 2.18 bits per heavy atom. The van der Waals surface area contributed by atoms with Gasteiger partial charge in [-0.05, 0) is 19.4 Å². The SMILES string of the molecule is CCCc1ccc[n+](CC)c1. The van der Waals surface area contributed by atoms with Crippen LogP contribution in [0.4, 0.5) is 0 Å². The minimum absolute atomic E-state index is 1.07. The van der Waals surface area contributed by atoms with Crippen molar-refractivity contribution >= 4 is 0 Å². The first-order chi connectivity index (χ1) is 5.36. The lowest BCUT2D eigenvalue weighted by Crippen LogP contribution is -2.31. The fraction of sp³-hybridized carbons (Fsp3) is 0.500. The second-order valence-electron chi connectivity index (χ2n) is 2.79. The summed E-state index contributed by atoms with van der Waals surface area (Å²) in [6.07, 6.45) is 6.76. The van der Waals surface area contributed by atoms with Gasteiger partial charge >= 0.3 is 0 Å². The third kappa shape index (κ3) is 2.34. The van der Waals surface area contributed by atoms with Crippen LogP contribution in [0.1, 0.15) is 25.8 Å². The van der Waals surface area contributed by atoms with E-state index in [1.54, 1.807) is 0 Å². The molecular weight excluding hydrogens is 134 g/mol. The van der Waals surface area contributed by atoms with Gasteiger partial charge in [0.05, 0.1) is 0 Å². The standard InChI is InChI=1S/C10H16N/c1-3-6-10-7-5-8-11(4-2)9-10/h5,7-9H,3-4,6H2,1-2H3/q+1. The highest BCUT2D eigenvalue weighted by molar-refractivity contribution is 5.04. The van der Waals surface area contributed by atoms with E-state index in [1.165, 1.54) is 18.4 Å². The topological polar surface area (TPSA) is 3.88 Å². The highest BCUT2D eigenvalue weighted by Gasteiger charge is 1.97. The molecule has 0 saturated carbocycles. The molecule has 11 heavy (non-hydrogen) atoms. The highest BCUT2D eigenvalue weighted by atomic mass is 14.9. The van der Waals surface area contributed by atoms with Crippen LogP contribution in [0.25, 0.3) is 0 Å². The molecule has 0 aliphatic carbocycles. The number of hydrogen-bond donors (Lipinski definition) is 0. The van der Waals surface area contributed by atoms with E-state index in [0.717, 1.165) is 6.54 Å².